The van der Waals surface area contributed by atoms with Gasteiger partial charge in [0.1, 0.15) is 0 Å². The summed E-state index contributed by atoms with van der Waals surface area (Å²) in [5, 5.41) is 1.10. The van der Waals surface area contributed by atoms with Crippen molar-refractivity contribution in [2.45, 2.75) is 25.6 Å². The zero-order valence-electron chi connectivity index (χ0n) is 13.2. The van der Waals surface area contributed by atoms with Crippen molar-refractivity contribution in [1.82, 2.24) is 15.0 Å². The molecule has 5 heteroatoms. The standard InChI is InChI=1S/C18H19N3O2/c1-11-3-6-20-17(16(11)13-5-8-23-18(13)22-2)15-9-14-12(10-21-15)4-7-19-14/h3-4,6-7,9-10,13,18-19H,5,8H2,1-2H3. The Morgan fingerprint density at radius 2 is 2.22 bits per heavy atom. The lowest BCUT2D eigenvalue weighted by Crippen LogP contribution is -2.18. The molecule has 2 unspecified atom stereocenters. The number of methoxy groups -OCH3 is 1. The van der Waals surface area contributed by atoms with E-state index in [4.69, 9.17) is 9.47 Å². The van der Waals surface area contributed by atoms with E-state index in [1.54, 1.807) is 7.11 Å². The average Bonchev–Trinajstić information content (AvgIpc) is 3.22. The van der Waals surface area contributed by atoms with E-state index in [2.05, 4.69) is 27.9 Å². The first-order valence-corrected chi connectivity index (χ1v) is 7.81. The predicted molar refractivity (Wildman–Crippen MR) is 88.2 cm³/mol. The number of aryl methyl sites for hydroxylation is 1. The molecule has 1 fully saturated rings. The number of nitrogens with zero attached hydrogens (tertiary/aromatic N) is 2. The van der Waals surface area contributed by atoms with Gasteiger partial charge in [0.15, 0.2) is 6.29 Å². The maximum atomic E-state index is 5.70. The van der Waals surface area contributed by atoms with Crippen molar-refractivity contribution in [3.05, 3.63) is 47.9 Å². The van der Waals surface area contributed by atoms with Gasteiger partial charge in [-0.2, -0.15) is 0 Å². The number of nitrogens with one attached hydrogen (secondary N) is 1. The molecule has 4 heterocycles. The summed E-state index contributed by atoms with van der Waals surface area (Å²) in [6.07, 6.45) is 6.36. The quantitative estimate of drug-likeness (QED) is 0.805. The number of hydrogen-bond acceptors (Lipinski definition) is 4. The van der Waals surface area contributed by atoms with Crippen LogP contribution in [-0.4, -0.2) is 35.0 Å². The number of rotatable bonds is 3. The molecule has 1 aliphatic rings. The minimum Gasteiger partial charge on any atom is -0.361 e. The van der Waals surface area contributed by atoms with Crippen LogP contribution in [0.4, 0.5) is 0 Å². The molecule has 0 aromatic carbocycles. The van der Waals surface area contributed by atoms with Crippen LogP contribution in [0.5, 0.6) is 0 Å². The summed E-state index contributed by atoms with van der Waals surface area (Å²) in [6, 6.07) is 6.11. The molecule has 0 radical (unpaired) electrons. The SMILES string of the molecule is COC1OCCC1c1c(C)ccnc1-c1cc2[nH]ccc2cn1. The van der Waals surface area contributed by atoms with E-state index in [0.717, 1.165) is 28.7 Å². The Balaban J connectivity index is 1.86. The van der Waals surface area contributed by atoms with Crippen molar-refractivity contribution in [2.24, 2.45) is 0 Å². The summed E-state index contributed by atoms with van der Waals surface area (Å²) < 4.78 is 11.2. The lowest BCUT2D eigenvalue weighted by molar-refractivity contribution is -0.0963. The molecule has 1 aliphatic heterocycles. The number of fused-ring (bicyclic) bond motifs is 1. The maximum Gasteiger partial charge on any atom is 0.164 e. The maximum absolute atomic E-state index is 5.70. The van der Waals surface area contributed by atoms with Crippen molar-refractivity contribution in [2.75, 3.05) is 13.7 Å². The Kier molecular flexibility index (Phi) is 3.59. The fourth-order valence-electron chi connectivity index (χ4n) is 3.39. The number of pyridine rings is 2. The van der Waals surface area contributed by atoms with Crippen LogP contribution in [0.1, 0.15) is 23.5 Å². The van der Waals surface area contributed by atoms with Crippen molar-refractivity contribution in [3.63, 3.8) is 0 Å². The van der Waals surface area contributed by atoms with Crippen LogP contribution in [0.25, 0.3) is 22.3 Å². The Morgan fingerprint density at radius 1 is 1.30 bits per heavy atom. The largest absolute Gasteiger partial charge is 0.361 e. The summed E-state index contributed by atoms with van der Waals surface area (Å²) >= 11 is 0. The molecule has 23 heavy (non-hydrogen) atoms. The minimum absolute atomic E-state index is 0.185. The molecular weight excluding hydrogens is 290 g/mol. The highest BCUT2D eigenvalue weighted by Crippen LogP contribution is 2.38. The van der Waals surface area contributed by atoms with Gasteiger partial charge in [0.2, 0.25) is 0 Å². The molecular formula is C18H19N3O2. The summed E-state index contributed by atoms with van der Waals surface area (Å²) in [7, 11) is 1.69. The van der Waals surface area contributed by atoms with Gasteiger partial charge in [0.25, 0.3) is 0 Å². The zero-order valence-corrected chi connectivity index (χ0v) is 13.2. The highest BCUT2D eigenvalue weighted by Gasteiger charge is 2.33. The second kappa shape index (κ2) is 5.76. The van der Waals surface area contributed by atoms with Crippen molar-refractivity contribution < 1.29 is 9.47 Å². The molecule has 118 valence electrons. The number of hydrogen-bond donors (Lipinski definition) is 1. The number of ether oxygens (including phenoxy) is 2. The summed E-state index contributed by atoms with van der Waals surface area (Å²) in [6.45, 7) is 2.82. The fourth-order valence-corrected chi connectivity index (χ4v) is 3.39. The highest BCUT2D eigenvalue weighted by molar-refractivity contribution is 5.82. The van der Waals surface area contributed by atoms with Crippen LogP contribution < -0.4 is 0 Å². The molecule has 0 amide bonds. The van der Waals surface area contributed by atoms with Crippen LogP contribution in [0, 0.1) is 6.92 Å². The molecule has 3 aromatic rings. The van der Waals surface area contributed by atoms with Crippen molar-refractivity contribution in [3.8, 4) is 11.4 Å². The third-order valence-electron chi connectivity index (χ3n) is 4.53. The number of aromatic amines is 1. The first kappa shape index (κ1) is 14.4. The smallest absolute Gasteiger partial charge is 0.164 e. The fraction of sp³-hybridized carbons (Fsp3) is 0.333. The second-order valence-corrected chi connectivity index (χ2v) is 5.89. The van der Waals surface area contributed by atoms with Gasteiger partial charge in [-0.25, -0.2) is 0 Å². The highest BCUT2D eigenvalue weighted by atomic mass is 16.7. The molecule has 1 saturated heterocycles. The van der Waals surface area contributed by atoms with Gasteiger partial charge in [0, 0.05) is 42.5 Å². The molecule has 3 aromatic heterocycles. The molecule has 1 N–H and O–H groups in total. The van der Waals surface area contributed by atoms with Gasteiger partial charge in [-0.3, -0.25) is 9.97 Å². The molecule has 0 spiro atoms. The van der Waals surface area contributed by atoms with Gasteiger partial charge < -0.3 is 14.5 Å². The molecule has 0 bridgehead atoms. The minimum atomic E-state index is -0.217. The van der Waals surface area contributed by atoms with E-state index in [1.165, 1.54) is 11.1 Å². The number of H-pyrrole nitrogens is 1. The molecule has 2 atom stereocenters. The molecule has 4 rings (SSSR count). The summed E-state index contributed by atoms with van der Waals surface area (Å²) in [4.78, 5) is 12.5. The third kappa shape index (κ3) is 2.42. The summed E-state index contributed by atoms with van der Waals surface area (Å²) in [5.74, 6) is 0.185. The van der Waals surface area contributed by atoms with E-state index in [9.17, 15) is 0 Å². The van der Waals surface area contributed by atoms with E-state index in [1.807, 2.05) is 30.7 Å². The second-order valence-electron chi connectivity index (χ2n) is 5.89. The Hall–Kier alpha value is -2.24. The van der Waals surface area contributed by atoms with Gasteiger partial charge in [0.05, 0.1) is 18.0 Å². The van der Waals surface area contributed by atoms with Crippen LogP contribution in [-0.2, 0) is 9.47 Å². The molecule has 0 saturated carbocycles. The van der Waals surface area contributed by atoms with Crippen LogP contribution in [0.15, 0.2) is 36.8 Å². The van der Waals surface area contributed by atoms with Gasteiger partial charge in [-0.15, -0.1) is 0 Å². The van der Waals surface area contributed by atoms with Crippen molar-refractivity contribution >= 4 is 10.9 Å². The van der Waals surface area contributed by atoms with Gasteiger partial charge in [-0.05, 0) is 42.7 Å². The summed E-state index contributed by atoms with van der Waals surface area (Å²) in [5.41, 5.74) is 5.23. The molecule has 5 nitrogen and oxygen atoms in total. The lowest BCUT2D eigenvalue weighted by Gasteiger charge is -2.21. The van der Waals surface area contributed by atoms with E-state index < -0.39 is 0 Å². The predicted octanol–water partition coefficient (Wildman–Crippen LogP) is 3.41. The first-order chi connectivity index (χ1) is 11.3. The third-order valence-corrected chi connectivity index (χ3v) is 4.53. The Morgan fingerprint density at radius 3 is 3.09 bits per heavy atom. The van der Waals surface area contributed by atoms with Gasteiger partial charge >= 0.3 is 0 Å². The zero-order chi connectivity index (χ0) is 15.8. The van der Waals surface area contributed by atoms with E-state index >= 15 is 0 Å². The van der Waals surface area contributed by atoms with E-state index in [0.29, 0.717) is 6.61 Å². The Bertz CT molecular complexity index is 843. The monoisotopic (exact) mass is 309 g/mol. The normalized spacial score (nSPS) is 21.1. The van der Waals surface area contributed by atoms with E-state index in [-0.39, 0.29) is 12.2 Å². The molecule has 0 aliphatic carbocycles. The number of aromatic nitrogens is 3. The van der Waals surface area contributed by atoms with Crippen molar-refractivity contribution in [1.29, 1.82) is 0 Å². The van der Waals surface area contributed by atoms with Crippen LogP contribution >= 0.6 is 0 Å². The van der Waals surface area contributed by atoms with Crippen LogP contribution in [0.3, 0.4) is 0 Å². The van der Waals surface area contributed by atoms with Crippen LogP contribution in [0.2, 0.25) is 0 Å². The lowest BCUT2D eigenvalue weighted by atomic mass is 9.90. The first-order valence-electron chi connectivity index (χ1n) is 7.81. The average molecular weight is 309 g/mol. The van der Waals surface area contributed by atoms with Gasteiger partial charge in [-0.1, -0.05) is 0 Å². The topological polar surface area (TPSA) is 60.0 Å². The Labute approximate surface area is 134 Å².